The van der Waals surface area contributed by atoms with Crippen LogP contribution in [0, 0.1) is 0 Å². The first kappa shape index (κ1) is 22.3. The van der Waals surface area contributed by atoms with Crippen LogP contribution < -0.4 is 4.74 Å². The smallest absolute Gasteiger partial charge is 0.416 e. The van der Waals surface area contributed by atoms with Crippen LogP contribution in [0.5, 0.6) is 11.5 Å². The van der Waals surface area contributed by atoms with Crippen molar-refractivity contribution >= 4 is 29.0 Å². The Kier molecular flexibility index (Phi) is 5.69. The fraction of sp³-hybridized carbons (Fsp3) is 0.200. The normalized spacial score (nSPS) is 15.6. The zero-order valence-corrected chi connectivity index (χ0v) is 18.6. The molecule has 3 aromatic rings. The van der Waals surface area contributed by atoms with E-state index in [2.05, 4.69) is 4.99 Å². The van der Waals surface area contributed by atoms with Gasteiger partial charge in [-0.2, -0.15) is 13.2 Å². The lowest BCUT2D eigenvalue weighted by Gasteiger charge is -2.36. The lowest BCUT2D eigenvalue weighted by atomic mass is 10.1. The summed E-state index contributed by atoms with van der Waals surface area (Å²) in [6.07, 6.45) is -4.49. The van der Waals surface area contributed by atoms with Crippen LogP contribution in [0.3, 0.4) is 0 Å². The van der Waals surface area contributed by atoms with Gasteiger partial charge in [-0.15, -0.1) is 0 Å². The third-order valence-electron chi connectivity index (χ3n) is 5.82. The molecular formula is C25H19ClF3N3O2. The number of nitrogens with zero attached hydrogens (tertiary/aromatic N) is 3. The van der Waals surface area contributed by atoms with Crippen LogP contribution >= 0.6 is 11.6 Å². The largest absolute Gasteiger partial charge is 0.454 e. The average molecular weight is 486 g/mol. The lowest BCUT2D eigenvalue weighted by Crippen LogP contribution is -2.50. The first-order chi connectivity index (χ1) is 16.3. The summed E-state index contributed by atoms with van der Waals surface area (Å²) < 4.78 is 45.9. The van der Waals surface area contributed by atoms with Crippen molar-refractivity contribution < 1.29 is 22.7 Å². The van der Waals surface area contributed by atoms with Gasteiger partial charge in [0, 0.05) is 36.8 Å². The molecule has 3 aromatic carbocycles. The van der Waals surface area contributed by atoms with Crippen LogP contribution in [0.2, 0.25) is 5.02 Å². The van der Waals surface area contributed by atoms with E-state index in [1.807, 2.05) is 17.0 Å². The number of halogens is 4. The number of fused-ring (bicyclic) bond motifs is 2. The van der Waals surface area contributed by atoms with Crippen LogP contribution in [0.15, 0.2) is 71.7 Å². The molecule has 34 heavy (non-hydrogen) atoms. The number of alkyl halides is 3. The van der Waals surface area contributed by atoms with Crippen LogP contribution in [-0.4, -0.2) is 47.7 Å². The summed E-state index contributed by atoms with van der Waals surface area (Å²) in [5.41, 5.74) is 0.560. The number of amidine groups is 1. The Morgan fingerprint density at radius 3 is 2.32 bits per heavy atom. The number of amides is 1. The molecule has 2 aliphatic rings. The van der Waals surface area contributed by atoms with Crippen molar-refractivity contribution in [3.8, 4) is 11.5 Å². The Labute approximate surface area is 199 Å². The molecule has 1 saturated heterocycles. The molecule has 0 spiro atoms. The third kappa shape index (κ3) is 4.33. The highest BCUT2D eigenvalue weighted by Crippen LogP contribution is 2.41. The van der Waals surface area contributed by atoms with E-state index in [-0.39, 0.29) is 17.3 Å². The second-order valence-corrected chi connectivity index (χ2v) is 8.44. The van der Waals surface area contributed by atoms with Gasteiger partial charge in [-0.1, -0.05) is 23.7 Å². The highest BCUT2D eigenvalue weighted by atomic mass is 35.5. The molecule has 0 atom stereocenters. The van der Waals surface area contributed by atoms with E-state index in [1.54, 1.807) is 41.3 Å². The van der Waals surface area contributed by atoms with Crippen LogP contribution in [0.1, 0.15) is 21.5 Å². The Morgan fingerprint density at radius 1 is 0.912 bits per heavy atom. The molecule has 1 amide bonds. The Hall–Kier alpha value is -3.52. The predicted molar refractivity (Wildman–Crippen MR) is 123 cm³/mol. The van der Waals surface area contributed by atoms with Crippen LogP contribution in [-0.2, 0) is 6.18 Å². The zero-order valence-electron chi connectivity index (χ0n) is 17.8. The maximum Gasteiger partial charge on any atom is 0.416 e. The van der Waals surface area contributed by atoms with Gasteiger partial charge in [-0.05, 0) is 54.6 Å². The van der Waals surface area contributed by atoms with E-state index in [0.29, 0.717) is 53.9 Å². The van der Waals surface area contributed by atoms with Crippen molar-refractivity contribution in [3.63, 3.8) is 0 Å². The molecule has 0 bridgehead atoms. The number of carbonyl (C=O) groups excluding carboxylic acids is 1. The van der Waals surface area contributed by atoms with Crippen molar-refractivity contribution in [2.75, 3.05) is 26.2 Å². The van der Waals surface area contributed by atoms with Gasteiger partial charge in [0.1, 0.15) is 17.3 Å². The van der Waals surface area contributed by atoms with Gasteiger partial charge < -0.3 is 14.5 Å². The number of aliphatic imine (C=N–C) groups is 1. The summed E-state index contributed by atoms with van der Waals surface area (Å²) in [6, 6.07) is 17.2. The SMILES string of the molecule is O=C(c1ccc(Cl)cc1)N1CCN(C2=Nc3cc(C(F)(F)F)ccc3Oc3ccccc32)CC1. The standard InChI is InChI=1S/C25H19ClF3N3O2/c26-18-8-5-16(6-9-18)24(33)32-13-11-31(12-14-32)23-19-3-1-2-4-21(19)34-22-10-7-17(25(27,28)29)15-20(22)30-23/h1-10,15H,11-14H2. The molecule has 0 saturated carbocycles. The molecular weight excluding hydrogens is 467 g/mol. The Balaban J connectivity index is 1.44. The fourth-order valence-corrected chi connectivity index (χ4v) is 4.16. The quantitative estimate of drug-likeness (QED) is 0.424. The monoisotopic (exact) mass is 485 g/mol. The van der Waals surface area contributed by atoms with Crippen molar-refractivity contribution in [2.45, 2.75) is 6.18 Å². The highest BCUT2D eigenvalue weighted by molar-refractivity contribution is 6.30. The minimum absolute atomic E-state index is 0.0944. The first-order valence-corrected chi connectivity index (χ1v) is 11.0. The molecule has 0 aromatic heterocycles. The van der Waals surface area contributed by atoms with E-state index in [9.17, 15) is 18.0 Å². The maximum atomic E-state index is 13.3. The Morgan fingerprint density at radius 2 is 1.62 bits per heavy atom. The summed E-state index contributed by atoms with van der Waals surface area (Å²) in [6.45, 7) is 1.83. The van der Waals surface area contributed by atoms with Gasteiger partial charge in [0.15, 0.2) is 5.75 Å². The maximum absolute atomic E-state index is 13.3. The van der Waals surface area contributed by atoms with Crippen LogP contribution in [0.4, 0.5) is 18.9 Å². The molecule has 1 fully saturated rings. The molecule has 9 heteroatoms. The fourth-order valence-electron chi connectivity index (χ4n) is 4.04. The van der Waals surface area contributed by atoms with Gasteiger partial charge in [0.05, 0.1) is 11.1 Å². The number of carbonyl (C=O) groups is 1. The summed E-state index contributed by atoms with van der Waals surface area (Å²) >= 11 is 5.92. The Bertz CT molecular complexity index is 1270. The van der Waals surface area contributed by atoms with Crippen molar-refractivity contribution in [1.29, 1.82) is 0 Å². The van der Waals surface area contributed by atoms with Gasteiger partial charge >= 0.3 is 6.18 Å². The second kappa shape index (κ2) is 8.68. The number of para-hydroxylation sites is 1. The summed E-state index contributed by atoms with van der Waals surface area (Å²) in [5, 5.41) is 0.558. The minimum atomic E-state index is -4.49. The number of rotatable bonds is 1. The number of hydrogen-bond donors (Lipinski definition) is 0. The average Bonchev–Trinajstić information content (AvgIpc) is 3.00. The van der Waals surface area contributed by atoms with Crippen molar-refractivity contribution in [3.05, 3.63) is 88.4 Å². The zero-order chi connectivity index (χ0) is 23.9. The first-order valence-electron chi connectivity index (χ1n) is 10.7. The molecule has 0 N–H and O–H groups in total. The van der Waals surface area contributed by atoms with E-state index in [1.165, 1.54) is 6.07 Å². The topological polar surface area (TPSA) is 45.1 Å². The molecule has 0 radical (unpaired) electrons. The molecule has 0 unspecified atom stereocenters. The van der Waals surface area contributed by atoms with Gasteiger partial charge in [-0.3, -0.25) is 4.79 Å². The van der Waals surface area contributed by atoms with Crippen LogP contribution in [0.25, 0.3) is 0 Å². The number of benzene rings is 3. The summed E-state index contributed by atoms with van der Waals surface area (Å²) in [5.74, 6) is 1.20. The molecule has 5 rings (SSSR count). The molecule has 0 aliphatic carbocycles. The molecule has 2 heterocycles. The van der Waals surface area contributed by atoms with E-state index >= 15 is 0 Å². The minimum Gasteiger partial charge on any atom is -0.454 e. The van der Waals surface area contributed by atoms with E-state index in [0.717, 1.165) is 12.1 Å². The number of piperazine rings is 1. The van der Waals surface area contributed by atoms with E-state index in [4.69, 9.17) is 16.3 Å². The van der Waals surface area contributed by atoms with Gasteiger partial charge in [0.25, 0.3) is 5.91 Å². The molecule has 2 aliphatic heterocycles. The predicted octanol–water partition coefficient (Wildman–Crippen LogP) is 6.00. The van der Waals surface area contributed by atoms with Gasteiger partial charge in [-0.25, -0.2) is 4.99 Å². The van der Waals surface area contributed by atoms with Gasteiger partial charge in [0.2, 0.25) is 0 Å². The molecule has 174 valence electrons. The van der Waals surface area contributed by atoms with Crippen molar-refractivity contribution in [1.82, 2.24) is 9.80 Å². The summed E-state index contributed by atoms with van der Waals surface area (Å²) in [4.78, 5) is 21.2. The second-order valence-electron chi connectivity index (χ2n) is 8.00. The highest BCUT2D eigenvalue weighted by Gasteiger charge is 2.33. The number of hydrogen-bond acceptors (Lipinski definition) is 4. The van der Waals surface area contributed by atoms with Crippen molar-refractivity contribution in [2.24, 2.45) is 4.99 Å². The van der Waals surface area contributed by atoms with E-state index < -0.39 is 11.7 Å². The number of ether oxygens (including phenoxy) is 1. The molecule has 5 nitrogen and oxygen atoms in total. The summed E-state index contributed by atoms with van der Waals surface area (Å²) in [7, 11) is 0. The third-order valence-corrected chi connectivity index (χ3v) is 6.07. The lowest BCUT2D eigenvalue weighted by molar-refractivity contribution is -0.137.